The lowest BCUT2D eigenvalue weighted by atomic mass is 10.1. The highest BCUT2D eigenvalue weighted by Crippen LogP contribution is 2.21. The first-order valence-corrected chi connectivity index (χ1v) is 8.13. The van der Waals surface area contributed by atoms with Crippen molar-refractivity contribution in [2.45, 2.75) is 18.2 Å². The number of nitrogens with two attached hydrogens (primary N) is 1. The van der Waals surface area contributed by atoms with Crippen LogP contribution in [0.5, 0.6) is 0 Å². The Bertz CT molecular complexity index is 530. The molecule has 0 radical (unpaired) electrons. The van der Waals surface area contributed by atoms with Crippen LogP contribution in [0.3, 0.4) is 0 Å². The summed E-state index contributed by atoms with van der Waals surface area (Å²) in [5.41, 5.74) is 0.597. The largest absolute Gasteiger partial charge is 0.384 e. The molecule has 0 saturated carbocycles. The van der Waals surface area contributed by atoms with Gasteiger partial charge in [0.1, 0.15) is 4.90 Å². The lowest BCUT2D eigenvalue weighted by Crippen LogP contribution is -2.23. The third-order valence-electron chi connectivity index (χ3n) is 3.59. The zero-order valence-electron chi connectivity index (χ0n) is 11.2. The summed E-state index contributed by atoms with van der Waals surface area (Å²) in [6.45, 7) is 6.21. The van der Waals surface area contributed by atoms with Crippen molar-refractivity contribution < 1.29 is 8.42 Å². The molecule has 3 N–H and O–H groups in total. The molecule has 1 aliphatic rings. The fourth-order valence-electron chi connectivity index (χ4n) is 2.48. The number of nitrogens with zero attached hydrogens (tertiary/aromatic N) is 1. The minimum absolute atomic E-state index is 0.167. The van der Waals surface area contributed by atoms with Gasteiger partial charge in [-0.3, -0.25) is 0 Å². The minimum Gasteiger partial charge on any atom is -0.384 e. The molecule has 2 rings (SSSR count). The number of rotatable bonds is 5. The molecule has 106 valence electrons. The molecule has 1 aromatic rings. The number of hydrogen-bond donors (Lipinski definition) is 2. The molecule has 0 bridgehead atoms. The van der Waals surface area contributed by atoms with Crippen LogP contribution < -0.4 is 10.5 Å². The van der Waals surface area contributed by atoms with Gasteiger partial charge in [0.2, 0.25) is 10.0 Å². The van der Waals surface area contributed by atoms with Gasteiger partial charge < -0.3 is 10.2 Å². The van der Waals surface area contributed by atoms with E-state index in [4.69, 9.17) is 5.14 Å². The topological polar surface area (TPSA) is 75.4 Å². The molecule has 1 atom stereocenters. The molecule has 0 amide bonds. The van der Waals surface area contributed by atoms with Gasteiger partial charge in [-0.1, -0.05) is 19.1 Å². The number of likely N-dealkylation sites (tertiary alicyclic amines) is 1. The molecule has 0 aromatic heterocycles. The fraction of sp³-hybridized carbons (Fsp3) is 0.538. The zero-order valence-corrected chi connectivity index (χ0v) is 12.0. The molecular weight excluding hydrogens is 262 g/mol. The Kier molecular flexibility index (Phi) is 4.44. The average Bonchev–Trinajstić information content (AvgIpc) is 2.83. The molecule has 0 spiro atoms. The van der Waals surface area contributed by atoms with Gasteiger partial charge in [-0.05, 0) is 37.6 Å². The Balaban J connectivity index is 2.01. The molecule has 1 aromatic carbocycles. The van der Waals surface area contributed by atoms with Crippen LogP contribution in [-0.2, 0) is 10.0 Å². The maximum atomic E-state index is 11.5. The van der Waals surface area contributed by atoms with Gasteiger partial charge in [0.25, 0.3) is 0 Å². The first-order valence-electron chi connectivity index (χ1n) is 6.58. The van der Waals surface area contributed by atoms with Crippen molar-refractivity contribution in [1.82, 2.24) is 4.90 Å². The van der Waals surface area contributed by atoms with Gasteiger partial charge in [0.15, 0.2) is 0 Å². The molecule has 1 fully saturated rings. The second-order valence-electron chi connectivity index (χ2n) is 4.97. The van der Waals surface area contributed by atoms with Crippen molar-refractivity contribution in [2.24, 2.45) is 11.1 Å². The van der Waals surface area contributed by atoms with Crippen LogP contribution in [0.15, 0.2) is 29.2 Å². The van der Waals surface area contributed by atoms with Crippen LogP contribution in [-0.4, -0.2) is 39.5 Å². The van der Waals surface area contributed by atoms with Gasteiger partial charge in [-0.15, -0.1) is 0 Å². The number of nitrogens with one attached hydrogen (secondary N) is 1. The lowest BCUT2D eigenvalue weighted by molar-refractivity contribution is 0.345. The third kappa shape index (κ3) is 3.68. The van der Waals surface area contributed by atoms with E-state index in [1.807, 2.05) is 6.07 Å². The van der Waals surface area contributed by atoms with E-state index in [0.717, 1.165) is 32.6 Å². The number of anilines is 1. The highest BCUT2D eigenvalue weighted by Gasteiger charge is 2.21. The Hall–Kier alpha value is -1.11. The molecule has 6 heteroatoms. The summed E-state index contributed by atoms with van der Waals surface area (Å²) in [5, 5.41) is 8.43. The Morgan fingerprint density at radius 3 is 2.79 bits per heavy atom. The molecular formula is C13H21N3O2S. The van der Waals surface area contributed by atoms with Crippen molar-refractivity contribution in [3.05, 3.63) is 24.3 Å². The van der Waals surface area contributed by atoms with Gasteiger partial charge in [-0.25, -0.2) is 13.6 Å². The first kappa shape index (κ1) is 14.3. The second-order valence-corrected chi connectivity index (χ2v) is 6.50. The van der Waals surface area contributed by atoms with E-state index in [1.165, 1.54) is 6.07 Å². The van der Waals surface area contributed by atoms with Gasteiger partial charge >= 0.3 is 0 Å². The fourth-order valence-corrected chi connectivity index (χ4v) is 3.20. The second kappa shape index (κ2) is 5.90. The smallest absolute Gasteiger partial charge is 0.240 e. The molecule has 0 aliphatic carbocycles. The van der Waals surface area contributed by atoms with E-state index < -0.39 is 10.0 Å². The van der Waals surface area contributed by atoms with E-state index in [2.05, 4.69) is 17.1 Å². The van der Waals surface area contributed by atoms with Crippen molar-refractivity contribution in [2.75, 3.05) is 31.5 Å². The molecule has 0 unspecified atom stereocenters. The van der Waals surface area contributed by atoms with E-state index in [0.29, 0.717) is 11.6 Å². The maximum Gasteiger partial charge on any atom is 0.240 e. The first-order chi connectivity index (χ1) is 9.00. The summed E-state index contributed by atoms with van der Waals surface area (Å²) in [6.07, 6.45) is 1.15. The number of sulfonamides is 1. The van der Waals surface area contributed by atoms with Crippen LogP contribution in [0.4, 0.5) is 5.69 Å². The summed E-state index contributed by atoms with van der Waals surface area (Å²) in [4.78, 5) is 2.57. The predicted octanol–water partition coefficient (Wildman–Crippen LogP) is 1.09. The van der Waals surface area contributed by atoms with Gasteiger partial charge in [-0.2, -0.15) is 0 Å². The Morgan fingerprint density at radius 1 is 1.42 bits per heavy atom. The Morgan fingerprint density at radius 2 is 2.16 bits per heavy atom. The summed E-state index contributed by atoms with van der Waals surface area (Å²) >= 11 is 0. The van der Waals surface area contributed by atoms with Crippen LogP contribution in [0.2, 0.25) is 0 Å². The maximum absolute atomic E-state index is 11.5. The van der Waals surface area contributed by atoms with Crippen molar-refractivity contribution >= 4 is 15.7 Å². The zero-order chi connectivity index (χ0) is 13.9. The van der Waals surface area contributed by atoms with Crippen LogP contribution in [0, 0.1) is 5.92 Å². The summed E-state index contributed by atoms with van der Waals surface area (Å²) in [5.74, 6) is 0.563. The predicted molar refractivity (Wildman–Crippen MR) is 76.5 cm³/mol. The quantitative estimate of drug-likeness (QED) is 0.848. The third-order valence-corrected chi connectivity index (χ3v) is 4.56. The summed E-state index contributed by atoms with van der Waals surface area (Å²) in [6, 6.07) is 6.78. The number of para-hydroxylation sites is 1. The highest BCUT2D eigenvalue weighted by atomic mass is 32.2. The van der Waals surface area contributed by atoms with E-state index in [1.54, 1.807) is 12.1 Å². The highest BCUT2D eigenvalue weighted by molar-refractivity contribution is 7.89. The van der Waals surface area contributed by atoms with Crippen molar-refractivity contribution in [1.29, 1.82) is 0 Å². The van der Waals surface area contributed by atoms with Crippen LogP contribution in [0.25, 0.3) is 0 Å². The standard InChI is InChI=1S/C13H21N3O2S/c1-2-16-8-7-11(10-16)9-15-12-5-3-4-6-13(12)19(14,17)18/h3-6,11,15H,2,7-10H2,1H3,(H2,14,17,18)/t11-/m0/s1. The minimum atomic E-state index is -3.67. The normalized spacial score (nSPS) is 20.6. The molecule has 1 heterocycles. The average molecular weight is 283 g/mol. The van der Waals surface area contributed by atoms with E-state index in [-0.39, 0.29) is 4.90 Å². The van der Waals surface area contributed by atoms with Gasteiger partial charge in [0.05, 0.1) is 5.69 Å². The van der Waals surface area contributed by atoms with E-state index >= 15 is 0 Å². The number of hydrogen-bond acceptors (Lipinski definition) is 4. The van der Waals surface area contributed by atoms with Crippen molar-refractivity contribution in [3.63, 3.8) is 0 Å². The molecule has 1 saturated heterocycles. The molecule has 19 heavy (non-hydrogen) atoms. The number of benzene rings is 1. The van der Waals surface area contributed by atoms with Crippen LogP contribution in [0.1, 0.15) is 13.3 Å². The molecule has 5 nitrogen and oxygen atoms in total. The summed E-state index contributed by atoms with van der Waals surface area (Å²) in [7, 11) is -3.67. The van der Waals surface area contributed by atoms with Crippen molar-refractivity contribution in [3.8, 4) is 0 Å². The lowest BCUT2D eigenvalue weighted by Gasteiger charge is -2.15. The van der Waals surface area contributed by atoms with E-state index in [9.17, 15) is 8.42 Å². The molecule has 1 aliphatic heterocycles. The number of primary sulfonamides is 1. The Labute approximate surface area is 114 Å². The monoisotopic (exact) mass is 283 g/mol. The van der Waals surface area contributed by atoms with Gasteiger partial charge in [0, 0.05) is 13.1 Å². The van der Waals surface area contributed by atoms with Crippen LogP contribution >= 0.6 is 0 Å². The summed E-state index contributed by atoms with van der Waals surface area (Å²) < 4.78 is 23.0. The SMILES string of the molecule is CCN1CC[C@@H](CNc2ccccc2S(N)(=O)=O)C1.